The topological polar surface area (TPSA) is 106 Å². The summed E-state index contributed by atoms with van der Waals surface area (Å²) in [6.07, 6.45) is 2.28. The lowest BCUT2D eigenvalue weighted by Gasteiger charge is -2.38. The number of hydrogen-bond acceptors (Lipinski definition) is 4. The van der Waals surface area contributed by atoms with E-state index in [4.69, 9.17) is 0 Å². The van der Waals surface area contributed by atoms with Gasteiger partial charge in [-0.1, -0.05) is 38.1 Å². The Balaban J connectivity index is 1.87. The molecule has 2 aromatic rings. The van der Waals surface area contributed by atoms with Crippen LogP contribution >= 0.6 is 0 Å². The second-order valence-corrected chi connectivity index (χ2v) is 7.88. The lowest BCUT2D eigenvalue weighted by atomic mass is 9.86. The maximum absolute atomic E-state index is 12.9. The van der Waals surface area contributed by atoms with Crippen molar-refractivity contribution in [2.24, 2.45) is 0 Å². The standard InChI is InChI=1S/C21H23N3O4/c1-4-20(2,3)17-13(12-7-5-6-8-14(12)22-17)11-15-18(26)24-10-9-16(25)21(24,28)19(27)23-15/h4-8,11,16,22,25,28H,1,9-10H2,2-3H3,(H,23,27)/b15-11-. The molecule has 1 aromatic carbocycles. The van der Waals surface area contributed by atoms with E-state index < -0.39 is 29.1 Å². The molecule has 2 amide bonds. The zero-order valence-electron chi connectivity index (χ0n) is 15.8. The fraction of sp³-hybridized carbons (Fsp3) is 0.333. The van der Waals surface area contributed by atoms with Crippen molar-refractivity contribution in [3.05, 3.63) is 53.9 Å². The maximum Gasteiger partial charge on any atom is 0.280 e. The van der Waals surface area contributed by atoms with Crippen LogP contribution in [-0.4, -0.2) is 50.3 Å². The molecule has 7 nitrogen and oxygen atoms in total. The number of aromatic amines is 1. The average molecular weight is 381 g/mol. The maximum atomic E-state index is 12.9. The Kier molecular flexibility index (Phi) is 3.99. The van der Waals surface area contributed by atoms with Crippen LogP contribution in [-0.2, 0) is 15.0 Å². The summed E-state index contributed by atoms with van der Waals surface area (Å²) in [5.74, 6) is -1.32. The number of aromatic nitrogens is 1. The number of aliphatic hydroxyl groups is 2. The molecule has 0 spiro atoms. The summed E-state index contributed by atoms with van der Waals surface area (Å²) >= 11 is 0. The van der Waals surface area contributed by atoms with Gasteiger partial charge in [-0.05, 0) is 18.6 Å². The van der Waals surface area contributed by atoms with Crippen LogP contribution in [0.3, 0.4) is 0 Å². The van der Waals surface area contributed by atoms with Crippen LogP contribution in [0.5, 0.6) is 0 Å². The summed E-state index contributed by atoms with van der Waals surface area (Å²) in [6.45, 7) is 8.03. The number of amides is 2. The van der Waals surface area contributed by atoms with Gasteiger partial charge >= 0.3 is 0 Å². The SMILES string of the molecule is C=CC(C)(C)c1[nH]c2ccccc2c1/C=C1\NC(=O)C2(O)C(O)CCN2C1=O. The number of piperazine rings is 1. The van der Waals surface area contributed by atoms with Crippen molar-refractivity contribution in [2.75, 3.05) is 6.54 Å². The highest BCUT2D eigenvalue weighted by Crippen LogP contribution is 2.36. The Morgan fingerprint density at radius 2 is 2.04 bits per heavy atom. The van der Waals surface area contributed by atoms with Gasteiger partial charge in [0.15, 0.2) is 0 Å². The molecule has 0 bridgehead atoms. The van der Waals surface area contributed by atoms with Gasteiger partial charge in [-0.2, -0.15) is 0 Å². The molecule has 0 saturated carbocycles. The number of nitrogens with zero attached hydrogens (tertiary/aromatic N) is 1. The number of nitrogens with one attached hydrogen (secondary N) is 2. The van der Waals surface area contributed by atoms with Gasteiger partial charge in [0, 0.05) is 34.1 Å². The molecule has 0 radical (unpaired) electrons. The molecule has 4 N–H and O–H groups in total. The monoisotopic (exact) mass is 381 g/mol. The number of aliphatic hydroxyl groups excluding tert-OH is 1. The molecule has 2 fully saturated rings. The average Bonchev–Trinajstić information content (AvgIpc) is 3.19. The zero-order chi connectivity index (χ0) is 20.3. The van der Waals surface area contributed by atoms with Gasteiger partial charge in [-0.25, -0.2) is 0 Å². The van der Waals surface area contributed by atoms with Crippen molar-refractivity contribution < 1.29 is 19.8 Å². The minimum Gasteiger partial charge on any atom is -0.387 e. The number of carbonyl (C=O) groups is 2. The Bertz CT molecular complexity index is 1040. The molecule has 2 saturated heterocycles. The van der Waals surface area contributed by atoms with Crippen LogP contribution in [0.4, 0.5) is 0 Å². The number of hydrogen-bond donors (Lipinski definition) is 4. The van der Waals surface area contributed by atoms with E-state index in [1.807, 2.05) is 44.2 Å². The fourth-order valence-corrected chi connectivity index (χ4v) is 3.91. The highest BCUT2D eigenvalue weighted by Gasteiger charge is 2.58. The summed E-state index contributed by atoms with van der Waals surface area (Å²) in [7, 11) is 0. The second-order valence-electron chi connectivity index (χ2n) is 7.88. The Morgan fingerprint density at radius 1 is 1.32 bits per heavy atom. The molecule has 2 unspecified atom stereocenters. The van der Waals surface area contributed by atoms with E-state index >= 15 is 0 Å². The third-order valence-corrected chi connectivity index (χ3v) is 5.75. The first kappa shape index (κ1) is 18.5. The predicted molar refractivity (Wildman–Crippen MR) is 105 cm³/mol. The molecule has 28 heavy (non-hydrogen) atoms. The highest BCUT2D eigenvalue weighted by atomic mass is 16.4. The first-order chi connectivity index (χ1) is 13.2. The van der Waals surface area contributed by atoms with Gasteiger partial charge in [0.2, 0.25) is 5.72 Å². The van der Waals surface area contributed by atoms with Crippen LogP contribution in [0.2, 0.25) is 0 Å². The van der Waals surface area contributed by atoms with Gasteiger partial charge < -0.3 is 20.5 Å². The van der Waals surface area contributed by atoms with Crippen molar-refractivity contribution in [3.8, 4) is 0 Å². The number of rotatable bonds is 3. The third-order valence-electron chi connectivity index (χ3n) is 5.75. The summed E-state index contributed by atoms with van der Waals surface area (Å²) in [4.78, 5) is 29.9. The molecular weight excluding hydrogens is 358 g/mol. The van der Waals surface area contributed by atoms with Crippen LogP contribution in [0.1, 0.15) is 31.5 Å². The smallest absolute Gasteiger partial charge is 0.280 e. The summed E-state index contributed by atoms with van der Waals surface area (Å²) < 4.78 is 0. The zero-order valence-corrected chi connectivity index (χ0v) is 15.8. The minimum atomic E-state index is -2.21. The molecule has 2 aliphatic rings. The Morgan fingerprint density at radius 3 is 2.75 bits per heavy atom. The van der Waals surface area contributed by atoms with Crippen molar-refractivity contribution in [2.45, 2.75) is 37.5 Å². The van der Waals surface area contributed by atoms with Gasteiger partial charge in [-0.3, -0.25) is 14.5 Å². The number of benzene rings is 1. The van der Waals surface area contributed by atoms with Gasteiger partial charge in [0.05, 0.1) is 0 Å². The number of para-hydroxylation sites is 1. The quantitative estimate of drug-likeness (QED) is 0.476. The van der Waals surface area contributed by atoms with Crippen LogP contribution in [0, 0.1) is 0 Å². The van der Waals surface area contributed by atoms with Gasteiger partial charge in [-0.15, -0.1) is 6.58 Å². The summed E-state index contributed by atoms with van der Waals surface area (Å²) in [5, 5.41) is 23.9. The van der Waals surface area contributed by atoms with E-state index in [2.05, 4.69) is 16.9 Å². The van der Waals surface area contributed by atoms with E-state index in [9.17, 15) is 19.8 Å². The third kappa shape index (κ3) is 2.43. The predicted octanol–water partition coefficient (Wildman–Crippen LogP) is 1.38. The lowest BCUT2D eigenvalue weighted by Crippen LogP contribution is -2.67. The molecule has 7 heteroatoms. The molecule has 1 aromatic heterocycles. The van der Waals surface area contributed by atoms with Crippen molar-refractivity contribution in [1.82, 2.24) is 15.2 Å². The van der Waals surface area contributed by atoms with Crippen LogP contribution in [0.25, 0.3) is 17.0 Å². The Hall–Kier alpha value is -2.90. The minimum absolute atomic E-state index is 0.0645. The fourth-order valence-electron chi connectivity index (χ4n) is 3.91. The van der Waals surface area contributed by atoms with Gasteiger partial charge in [0.1, 0.15) is 11.8 Å². The molecule has 2 aliphatic heterocycles. The van der Waals surface area contributed by atoms with E-state index in [0.717, 1.165) is 27.1 Å². The first-order valence-corrected chi connectivity index (χ1v) is 9.20. The normalized spacial score (nSPS) is 26.6. The molecule has 3 heterocycles. The Labute approximate surface area is 162 Å². The second kappa shape index (κ2) is 6.05. The molecule has 4 rings (SSSR count). The van der Waals surface area contributed by atoms with E-state index in [-0.39, 0.29) is 18.7 Å². The highest BCUT2D eigenvalue weighted by molar-refractivity contribution is 6.10. The molecule has 2 atom stereocenters. The lowest BCUT2D eigenvalue weighted by molar-refractivity contribution is -0.185. The van der Waals surface area contributed by atoms with Crippen LogP contribution < -0.4 is 5.32 Å². The summed E-state index contributed by atoms with van der Waals surface area (Å²) in [5.41, 5.74) is -0.0123. The van der Waals surface area contributed by atoms with Crippen LogP contribution in [0.15, 0.2) is 42.6 Å². The molecular formula is C21H23N3O4. The number of allylic oxidation sites excluding steroid dienone is 1. The van der Waals surface area contributed by atoms with Crippen molar-refractivity contribution in [1.29, 1.82) is 0 Å². The summed E-state index contributed by atoms with van der Waals surface area (Å²) in [6, 6.07) is 7.70. The van der Waals surface area contributed by atoms with Crippen molar-refractivity contribution in [3.63, 3.8) is 0 Å². The van der Waals surface area contributed by atoms with Gasteiger partial charge in [0.25, 0.3) is 11.8 Å². The van der Waals surface area contributed by atoms with E-state index in [1.54, 1.807) is 6.08 Å². The molecule has 146 valence electrons. The molecule has 0 aliphatic carbocycles. The van der Waals surface area contributed by atoms with E-state index in [1.165, 1.54) is 0 Å². The van der Waals surface area contributed by atoms with Crippen molar-refractivity contribution >= 4 is 28.8 Å². The van der Waals surface area contributed by atoms with E-state index in [0.29, 0.717) is 0 Å². The number of H-pyrrole nitrogens is 1. The largest absolute Gasteiger partial charge is 0.387 e. The first-order valence-electron chi connectivity index (χ1n) is 9.20. The number of carbonyl (C=O) groups excluding carboxylic acids is 2. The number of fused-ring (bicyclic) bond motifs is 2.